The molecule has 1 N–H and O–H groups in total. The fourth-order valence-corrected chi connectivity index (χ4v) is 2.90. The average molecular weight is 272 g/mol. The topological polar surface area (TPSA) is 15.3 Å². The van der Waals surface area contributed by atoms with Gasteiger partial charge in [-0.2, -0.15) is 0 Å². The van der Waals surface area contributed by atoms with E-state index >= 15 is 0 Å². The van der Waals surface area contributed by atoms with Crippen LogP contribution in [0.2, 0.25) is 0 Å². The van der Waals surface area contributed by atoms with Crippen LogP contribution in [0.15, 0.2) is 24.3 Å². The van der Waals surface area contributed by atoms with Crippen LogP contribution >= 0.6 is 0 Å². The first-order valence-electron chi connectivity index (χ1n) is 8.37. The molecule has 2 heteroatoms. The summed E-state index contributed by atoms with van der Waals surface area (Å²) >= 11 is 0. The Bertz CT molecular complexity index is 421. The van der Waals surface area contributed by atoms with Gasteiger partial charge in [0.2, 0.25) is 0 Å². The Morgan fingerprint density at radius 1 is 1.15 bits per heavy atom. The van der Waals surface area contributed by atoms with Crippen molar-refractivity contribution in [2.45, 2.75) is 58.2 Å². The lowest BCUT2D eigenvalue weighted by atomic mass is 10.1. The molecule has 0 radical (unpaired) electrons. The van der Waals surface area contributed by atoms with Gasteiger partial charge in [-0.1, -0.05) is 31.2 Å². The minimum Gasteiger partial charge on any atom is -0.313 e. The summed E-state index contributed by atoms with van der Waals surface area (Å²) in [4.78, 5) is 2.73. The van der Waals surface area contributed by atoms with Crippen molar-refractivity contribution >= 4 is 0 Å². The molecule has 20 heavy (non-hydrogen) atoms. The molecule has 0 heterocycles. The zero-order valence-corrected chi connectivity index (χ0v) is 12.8. The number of benzene rings is 1. The van der Waals surface area contributed by atoms with Crippen LogP contribution in [-0.4, -0.2) is 24.0 Å². The van der Waals surface area contributed by atoms with Gasteiger partial charge in [0.25, 0.3) is 0 Å². The number of rotatable bonds is 9. The monoisotopic (exact) mass is 272 g/mol. The number of hydrogen-bond donors (Lipinski definition) is 1. The molecule has 0 amide bonds. The summed E-state index contributed by atoms with van der Waals surface area (Å²) in [5.74, 6) is 1.00. The molecule has 2 aliphatic rings. The lowest BCUT2D eigenvalue weighted by molar-refractivity contribution is 0.244. The van der Waals surface area contributed by atoms with Crippen molar-refractivity contribution in [1.29, 1.82) is 0 Å². The Morgan fingerprint density at radius 3 is 2.65 bits per heavy atom. The van der Waals surface area contributed by atoms with E-state index < -0.39 is 0 Å². The van der Waals surface area contributed by atoms with E-state index in [2.05, 4.69) is 41.4 Å². The second-order valence-electron chi connectivity index (χ2n) is 6.60. The Labute approximate surface area is 123 Å². The summed E-state index contributed by atoms with van der Waals surface area (Å²) < 4.78 is 0. The Morgan fingerprint density at radius 2 is 1.95 bits per heavy atom. The first-order chi connectivity index (χ1) is 9.85. The zero-order chi connectivity index (χ0) is 13.8. The standard InChI is InChI=1S/C18H28N2/c1-2-10-19-12-16-4-3-5-17(11-16)14-20(18-8-9-18)13-15-6-7-15/h3-5,11,15,18-19H,2,6-10,12-14H2,1H3. The first kappa shape index (κ1) is 14.1. The van der Waals surface area contributed by atoms with Crippen LogP contribution in [0.1, 0.15) is 50.2 Å². The SMILES string of the molecule is CCCNCc1cccc(CN(CC2CC2)C2CC2)c1. The fraction of sp³-hybridized carbons (Fsp3) is 0.667. The molecule has 0 atom stereocenters. The summed E-state index contributed by atoms with van der Waals surface area (Å²) in [6.45, 7) is 6.83. The molecule has 0 bridgehead atoms. The van der Waals surface area contributed by atoms with Gasteiger partial charge in [-0.05, 0) is 55.7 Å². The molecule has 0 saturated heterocycles. The van der Waals surface area contributed by atoms with E-state index in [1.54, 1.807) is 0 Å². The highest BCUT2D eigenvalue weighted by Crippen LogP contribution is 2.35. The van der Waals surface area contributed by atoms with Crippen molar-refractivity contribution in [2.24, 2.45) is 5.92 Å². The molecule has 110 valence electrons. The van der Waals surface area contributed by atoms with Gasteiger partial charge in [0.05, 0.1) is 0 Å². The predicted octanol–water partition coefficient (Wildman–Crippen LogP) is 3.56. The first-order valence-corrected chi connectivity index (χ1v) is 8.37. The quantitative estimate of drug-likeness (QED) is 0.691. The van der Waals surface area contributed by atoms with Crippen molar-refractivity contribution in [3.05, 3.63) is 35.4 Å². The van der Waals surface area contributed by atoms with E-state index in [0.29, 0.717) is 0 Å². The maximum absolute atomic E-state index is 3.50. The molecule has 0 unspecified atom stereocenters. The van der Waals surface area contributed by atoms with E-state index in [1.807, 2.05) is 0 Å². The van der Waals surface area contributed by atoms with Crippen LogP contribution in [0.5, 0.6) is 0 Å². The Balaban J connectivity index is 1.55. The van der Waals surface area contributed by atoms with Crippen molar-refractivity contribution in [1.82, 2.24) is 10.2 Å². The largest absolute Gasteiger partial charge is 0.313 e. The number of nitrogens with zero attached hydrogens (tertiary/aromatic N) is 1. The lowest BCUT2D eigenvalue weighted by Gasteiger charge is -2.22. The molecule has 0 aromatic heterocycles. The number of nitrogens with one attached hydrogen (secondary N) is 1. The van der Waals surface area contributed by atoms with E-state index in [1.165, 1.54) is 49.8 Å². The predicted molar refractivity (Wildman–Crippen MR) is 84.6 cm³/mol. The number of hydrogen-bond acceptors (Lipinski definition) is 2. The minimum absolute atomic E-state index is 0.887. The average Bonchev–Trinajstić information content (AvgIpc) is 3.32. The van der Waals surface area contributed by atoms with E-state index in [-0.39, 0.29) is 0 Å². The molecular weight excluding hydrogens is 244 g/mol. The van der Waals surface area contributed by atoms with Crippen LogP contribution in [0.3, 0.4) is 0 Å². The maximum Gasteiger partial charge on any atom is 0.0236 e. The molecule has 0 aliphatic heterocycles. The second-order valence-corrected chi connectivity index (χ2v) is 6.60. The van der Waals surface area contributed by atoms with Gasteiger partial charge in [-0.25, -0.2) is 0 Å². The molecule has 2 aliphatic carbocycles. The normalized spacial score (nSPS) is 18.7. The third-order valence-corrected chi connectivity index (χ3v) is 4.39. The van der Waals surface area contributed by atoms with Crippen molar-refractivity contribution in [3.8, 4) is 0 Å². The van der Waals surface area contributed by atoms with Gasteiger partial charge in [0, 0.05) is 25.7 Å². The summed E-state index contributed by atoms with van der Waals surface area (Å²) in [5, 5.41) is 3.50. The zero-order valence-electron chi connectivity index (χ0n) is 12.8. The summed E-state index contributed by atoms with van der Waals surface area (Å²) in [7, 11) is 0. The van der Waals surface area contributed by atoms with E-state index in [0.717, 1.165) is 31.6 Å². The highest BCUT2D eigenvalue weighted by molar-refractivity contribution is 5.23. The third-order valence-electron chi connectivity index (χ3n) is 4.39. The molecule has 2 fully saturated rings. The van der Waals surface area contributed by atoms with Crippen molar-refractivity contribution in [3.63, 3.8) is 0 Å². The van der Waals surface area contributed by atoms with Crippen LogP contribution < -0.4 is 5.32 Å². The van der Waals surface area contributed by atoms with Gasteiger partial charge in [-0.3, -0.25) is 4.90 Å². The third kappa shape index (κ3) is 4.32. The minimum atomic E-state index is 0.887. The highest BCUT2D eigenvalue weighted by Gasteiger charge is 2.33. The molecule has 3 rings (SSSR count). The van der Waals surface area contributed by atoms with Gasteiger partial charge < -0.3 is 5.32 Å². The molecular formula is C18H28N2. The molecule has 2 saturated carbocycles. The van der Waals surface area contributed by atoms with Crippen LogP contribution in [0.25, 0.3) is 0 Å². The Kier molecular flexibility index (Phi) is 4.74. The van der Waals surface area contributed by atoms with Crippen molar-refractivity contribution < 1.29 is 0 Å². The van der Waals surface area contributed by atoms with E-state index in [9.17, 15) is 0 Å². The molecule has 1 aromatic rings. The summed E-state index contributed by atoms with van der Waals surface area (Å²) in [6.07, 6.45) is 6.97. The van der Waals surface area contributed by atoms with Crippen LogP contribution in [0.4, 0.5) is 0 Å². The van der Waals surface area contributed by atoms with Gasteiger partial charge in [0.1, 0.15) is 0 Å². The Hall–Kier alpha value is -0.860. The maximum atomic E-state index is 3.50. The van der Waals surface area contributed by atoms with Gasteiger partial charge >= 0.3 is 0 Å². The van der Waals surface area contributed by atoms with E-state index in [4.69, 9.17) is 0 Å². The van der Waals surface area contributed by atoms with Gasteiger partial charge in [-0.15, -0.1) is 0 Å². The highest BCUT2D eigenvalue weighted by atomic mass is 15.2. The fourth-order valence-electron chi connectivity index (χ4n) is 2.90. The smallest absolute Gasteiger partial charge is 0.0236 e. The van der Waals surface area contributed by atoms with Crippen LogP contribution in [0, 0.1) is 5.92 Å². The molecule has 0 spiro atoms. The molecule has 1 aromatic carbocycles. The van der Waals surface area contributed by atoms with Crippen molar-refractivity contribution in [2.75, 3.05) is 13.1 Å². The molecule has 2 nitrogen and oxygen atoms in total. The second kappa shape index (κ2) is 6.73. The van der Waals surface area contributed by atoms with Crippen LogP contribution in [-0.2, 0) is 13.1 Å². The summed E-state index contributed by atoms with van der Waals surface area (Å²) in [5.41, 5.74) is 2.92. The van der Waals surface area contributed by atoms with Gasteiger partial charge in [0.15, 0.2) is 0 Å². The summed E-state index contributed by atoms with van der Waals surface area (Å²) in [6, 6.07) is 10.0. The lowest BCUT2D eigenvalue weighted by Crippen LogP contribution is -2.27.